The van der Waals surface area contributed by atoms with Crippen molar-refractivity contribution in [3.05, 3.63) is 35.6 Å². The number of benzene rings is 1. The topological polar surface area (TPSA) is 56.7 Å². The highest BCUT2D eigenvalue weighted by Gasteiger charge is 2.12. The van der Waals surface area contributed by atoms with E-state index in [1.807, 2.05) is 6.92 Å². The highest BCUT2D eigenvalue weighted by Crippen LogP contribution is 2.16. The third-order valence-corrected chi connectivity index (χ3v) is 3.59. The van der Waals surface area contributed by atoms with Gasteiger partial charge in [-0.2, -0.15) is 0 Å². The van der Waals surface area contributed by atoms with E-state index < -0.39 is 11.9 Å². The van der Waals surface area contributed by atoms with Gasteiger partial charge in [-0.25, -0.2) is 4.39 Å². The van der Waals surface area contributed by atoms with E-state index in [1.165, 1.54) is 6.07 Å². The van der Waals surface area contributed by atoms with Crippen LogP contribution in [0, 0.1) is 11.7 Å². The van der Waals surface area contributed by atoms with E-state index >= 15 is 0 Å². The Balaban J connectivity index is 2.62. The maximum atomic E-state index is 13.7. The SMILES string of the molecule is CCNC(=NCC(O)c1ccccc1F)NC(C)CCC(C)C. The first-order valence-corrected chi connectivity index (χ1v) is 8.41. The van der Waals surface area contributed by atoms with Gasteiger partial charge >= 0.3 is 0 Å². The van der Waals surface area contributed by atoms with Crippen molar-refractivity contribution in [1.29, 1.82) is 0 Å². The summed E-state index contributed by atoms with van der Waals surface area (Å²) < 4.78 is 13.7. The number of guanidine groups is 1. The van der Waals surface area contributed by atoms with Crippen molar-refractivity contribution in [2.75, 3.05) is 13.1 Å². The lowest BCUT2D eigenvalue weighted by molar-refractivity contribution is 0.182. The van der Waals surface area contributed by atoms with Crippen LogP contribution in [-0.2, 0) is 0 Å². The molecule has 0 saturated carbocycles. The second kappa shape index (κ2) is 10.2. The fraction of sp³-hybridized carbons (Fsp3) is 0.611. The van der Waals surface area contributed by atoms with Crippen molar-refractivity contribution < 1.29 is 9.50 Å². The van der Waals surface area contributed by atoms with E-state index in [0.717, 1.165) is 19.4 Å². The summed E-state index contributed by atoms with van der Waals surface area (Å²) in [4.78, 5) is 4.38. The molecule has 0 bridgehead atoms. The second-order valence-corrected chi connectivity index (χ2v) is 6.27. The molecule has 0 aliphatic heterocycles. The monoisotopic (exact) mass is 323 g/mol. The quantitative estimate of drug-likeness (QED) is 0.508. The van der Waals surface area contributed by atoms with Gasteiger partial charge in [0.2, 0.25) is 0 Å². The first-order valence-electron chi connectivity index (χ1n) is 8.41. The van der Waals surface area contributed by atoms with Gasteiger partial charge in [0.15, 0.2) is 5.96 Å². The number of aliphatic hydroxyl groups excluding tert-OH is 1. The molecule has 23 heavy (non-hydrogen) atoms. The fourth-order valence-electron chi connectivity index (χ4n) is 2.23. The lowest BCUT2D eigenvalue weighted by Gasteiger charge is -2.19. The Kier molecular flexibility index (Phi) is 8.62. The molecule has 3 N–H and O–H groups in total. The number of nitrogens with zero attached hydrogens (tertiary/aromatic N) is 1. The van der Waals surface area contributed by atoms with Gasteiger partial charge < -0.3 is 15.7 Å². The largest absolute Gasteiger partial charge is 0.386 e. The van der Waals surface area contributed by atoms with Gasteiger partial charge in [0, 0.05) is 18.2 Å². The molecule has 130 valence electrons. The van der Waals surface area contributed by atoms with Crippen molar-refractivity contribution in [3.8, 4) is 0 Å². The van der Waals surface area contributed by atoms with Crippen molar-refractivity contribution in [2.24, 2.45) is 10.9 Å². The van der Waals surface area contributed by atoms with Crippen LogP contribution in [0.3, 0.4) is 0 Å². The number of hydrogen-bond acceptors (Lipinski definition) is 2. The molecule has 4 nitrogen and oxygen atoms in total. The Bertz CT molecular complexity index is 491. The summed E-state index contributed by atoms with van der Waals surface area (Å²) in [5, 5.41) is 16.6. The van der Waals surface area contributed by atoms with Gasteiger partial charge in [0.05, 0.1) is 6.54 Å². The van der Waals surface area contributed by atoms with Crippen molar-refractivity contribution in [3.63, 3.8) is 0 Å². The molecular weight excluding hydrogens is 293 g/mol. The van der Waals surface area contributed by atoms with Gasteiger partial charge in [-0.1, -0.05) is 32.0 Å². The molecule has 0 amide bonds. The maximum Gasteiger partial charge on any atom is 0.191 e. The van der Waals surface area contributed by atoms with Crippen molar-refractivity contribution in [1.82, 2.24) is 10.6 Å². The van der Waals surface area contributed by atoms with E-state index in [-0.39, 0.29) is 12.1 Å². The minimum atomic E-state index is -0.947. The minimum Gasteiger partial charge on any atom is -0.386 e. The molecule has 2 unspecified atom stereocenters. The molecule has 0 aliphatic carbocycles. The van der Waals surface area contributed by atoms with Crippen LogP contribution in [0.5, 0.6) is 0 Å². The van der Waals surface area contributed by atoms with Gasteiger partial charge in [-0.3, -0.25) is 4.99 Å². The highest BCUT2D eigenvalue weighted by molar-refractivity contribution is 5.80. The fourth-order valence-corrected chi connectivity index (χ4v) is 2.23. The first kappa shape index (κ1) is 19.4. The first-order chi connectivity index (χ1) is 10.9. The lowest BCUT2D eigenvalue weighted by atomic mass is 10.0. The van der Waals surface area contributed by atoms with E-state index in [1.54, 1.807) is 18.2 Å². The number of aliphatic hydroxyl groups is 1. The zero-order chi connectivity index (χ0) is 17.2. The Labute approximate surface area is 139 Å². The van der Waals surface area contributed by atoms with Crippen LogP contribution in [0.25, 0.3) is 0 Å². The van der Waals surface area contributed by atoms with Crippen molar-refractivity contribution in [2.45, 2.75) is 52.7 Å². The summed E-state index contributed by atoms with van der Waals surface area (Å²) in [7, 11) is 0. The standard InChI is InChI=1S/C18H30FN3O/c1-5-20-18(22-14(4)11-10-13(2)3)21-12-17(23)15-8-6-7-9-16(15)19/h6-9,13-14,17,23H,5,10-12H2,1-4H3,(H2,20,21,22). The summed E-state index contributed by atoms with van der Waals surface area (Å²) in [5.41, 5.74) is 0.278. The Morgan fingerprint density at radius 1 is 1.22 bits per heavy atom. The normalized spacial score (nSPS) is 14.7. The molecule has 0 aromatic heterocycles. The third-order valence-electron chi connectivity index (χ3n) is 3.59. The van der Waals surface area contributed by atoms with Gasteiger partial charge in [-0.15, -0.1) is 0 Å². The Morgan fingerprint density at radius 2 is 1.91 bits per heavy atom. The van der Waals surface area contributed by atoms with Crippen LogP contribution >= 0.6 is 0 Å². The van der Waals surface area contributed by atoms with Crippen LogP contribution < -0.4 is 10.6 Å². The molecule has 0 heterocycles. The molecule has 1 aromatic rings. The number of rotatable bonds is 8. The number of nitrogens with one attached hydrogen (secondary N) is 2. The van der Waals surface area contributed by atoms with E-state index in [4.69, 9.17) is 0 Å². The average Bonchev–Trinajstić information content (AvgIpc) is 2.51. The molecule has 2 atom stereocenters. The predicted octanol–water partition coefficient (Wildman–Crippen LogP) is 3.24. The maximum absolute atomic E-state index is 13.7. The van der Waals surface area contributed by atoms with Crippen LogP contribution in [-0.4, -0.2) is 30.2 Å². The van der Waals surface area contributed by atoms with Crippen LogP contribution in [0.2, 0.25) is 0 Å². The summed E-state index contributed by atoms with van der Waals surface area (Å²) in [5.74, 6) is 0.916. The van der Waals surface area contributed by atoms with Crippen LogP contribution in [0.1, 0.15) is 52.2 Å². The molecule has 1 rings (SSSR count). The van der Waals surface area contributed by atoms with Crippen LogP contribution in [0.15, 0.2) is 29.3 Å². The van der Waals surface area contributed by atoms with Gasteiger partial charge in [-0.05, 0) is 38.7 Å². The van der Waals surface area contributed by atoms with Gasteiger partial charge in [0.1, 0.15) is 11.9 Å². The predicted molar refractivity (Wildman–Crippen MR) is 94.0 cm³/mol. The van der Waals surface area contributed by atoms with Crippen LogP contribution in [0.4, 0.5) is 4.39 Å². The lowest BCUT2D eigenvalue weighted by Crippen LogP contribution is -2.42. The van der Waals surface area contributed by atoms with E-state index in [2.05, 4.69) is 36.4 Å². The summed E-state index contributed by atoms with van der Waals surface area (Å²) in [6, 6.07) is 6.54. The molecule has 0 radical (unpaired) electrons. The molecular formula is C18H30FN3O. The van der Waals surface area contributed by atoms with E-state index in [9.17, 15) is 9.50 Å². The number of halogens is 1. The van der Waals surface area contributed by atoms with Gasteiger partial charge in [0.25, 0.3) is 0 Å². The third kappa shape index (κ3) is 7.46. The molecule has 5 heteroatoms. The molecule has 0 saturated heterocycles. The van der Waals surface area contributed by atoms with E-state index in [0.29, 0.717) is 17.9 Å². The zero-order valence-electron chi connectivity index (χ0n) is 14.6. The Morgan fingerprint density at radius 3 is 2.52 bits per heavy atom. The minimum absolute atomic E-state index is 0.118. The van der Waals surface area contributed by atoms with Crippen molar-refractivity contribution >= 4 is 5.96 Å². The molecule has 0 spiro atoms. The second-order valence-electron chi connectivity index (χ2n) is 6.27. The number of hydrogen-bond donors (Lipinski definition) is 3. The molecule has 1 aromatic carbocycles. The average molecular weight is 323 g/mol. The zero-order valence-corrected chi connectivity index (χ0v) is 14.6. The number of aliphatic imine (C=N–C) groups is 1. The highest BCUT2D eigenvalue weighted by atomic mass is 19.1. The molecule has 0 fully saturated rings. The summed E-state index contributed by atoms with van der Waals surface area (Å²) >= 11 is 0. The summed E-state index contributed by atoms with van der Waals surface area (Å²) in [6.45, 7) is 9.37. The molecule has 0 aliphatic rings. The smallest absolute Gasteiger partial charge is 0.191 e. The Hall–Kier alpha value is -1.62. The summed E-state index contributed by atoms with van der Waals surface area (Å²) in [6.07, 6.45) is 1.25.